The molecule has 0 radical (unpaired) electrons. The fraction of sp³-hybridized carbons (Fsp3) is 0.375. The third-order valence-corrected chi connectivity index (χ3v) is 2.44. The Morgan fingerprint density at radius 2 is 2.58 bits per heavy atom. The van der Waals surface area contributed by atoms with Crippen LogP contribution in [0.2, 0.25) is 4.34 Å². The molecule has 1 heterocycles. The molecular formula is C8H11ClN2S. The zero-order valence-electron chi connectivity index (χ0n) is 6.72. The molecule has 0 saturated heterocycles. The second kappa shape index (κ2) is 5.30. The van der Waals surface area contributed by atoms with Gasteiger partial charge >= 0.3 is 0 Å². The van der Waals surface area contributed by atoms with Crippen molar-refractivity contribution < 1.29 is 0 Å². The number of hydrogen-bond acceptors (Lipinski definition) is 3. The van der Waals surface area contributed by atoms with Gasteiger partial charge in [-0.2, -0.15) is 0 Å². The van der Waals surface area contributed by atoms with Gasteiger partial charge in [-0.3, -0.25) is 0 Å². The first kappa shape index (κ1) is 9.71. The fourth-order valence-corrected chi connectivity index (χ4v) is 1.70. The minimum atomic E-state index is 0.746. The lowest BCUT2D eigenvalue weighted by molar-refractivity contribution is 0.692. The quantitative estimate of drug-likeness (QED) is 0.586. The summed E-state index contributed by atoms with van der Waals surface area (Å²) in [4.78, 5) is 4.11. The summed E-state index contributed by atoms with van der Waals surface area (Å²) < 4.78 is 0.746. The molecule has 0 bridgehead atoms. The van der Waals surface area contributed by atoms with Crippen LogP contribution in [-0.4, -0.2) is 11.5 Å². The molecule has 0 unspecified atom stereocenters. The molecule has 0 aliphatic heterocycles. The SMILES string of the molecule is C=CCCNCc1ncc(Cl)s1. The van der Waals surface area contributed by atoms with Crippen LogP contribution in [0.5, 0.6) is 0 Å². The summed E-state index contributed by atoms with van der Waals surface area (Å²) in [6, 6.07) is 0. The van der Waals surface area contributed by atoms with E-state index in [1.165, 1.54) is 11.3 Å². The first-order valence-corrected chi connectivity index (χ1v) is 4.94. The highest BCUT2D eigenvalue weighted by Gasteiger charge is 1.97. The Morgan fingerprint density at radius 1 is 1.75 bits per heavy atom. The Balaban J connectivity index is 2.19. The molecule has 2 nitrogen and oxygen atoms in total. The molecule has 1 aromatic rings. The van der Waals surface area contributed by atoms with Crippen molar-refractivity contribution in [1.82, 2.24) is 10.3 Å². The van der Waals surface area contributed by atoms with Crippen molar-refractivity contribution in [2.24, 2.45) is 0 Å². The molecule has 1 rings (SSSR count). The van der Waals surface area contributed by atoms with E-state index in [9.17, 15) is 0 Å². The lowest BCUT2D eigenvalue weighted by Crippen LogP contribution is -2.13. The van der Waals surface area contributed by atoms with Gasteiger partial charge in [0.15, 0.2) is 0 Å². The van der Waals surface area contributed by atoms with E-state index >= 15 is 0 Å². The van der Waals surface area contributed by atoms with E-state index in [0.717, 1.165) is 28.9 Å². The van der Waals surface area contributed by atoms with Crippen LogP contribution in [-0.2, 0) is 6.54 Å². The van der Waals surface area contributed by atoms with Crippen molar-refractivity contribution in [2.45, 2.75) is 13.0 Å². The first-order chi connectivity index (χ1) is 5.83. The Hall–Kier alpha value is -0.380. The van der Waals surface area contributed by atoms with Gasteiger partial charge in [0, 0.05) is 6.54 Å². The summed E-state index contributed by atoms with van der Waals surface area (Å²) in [6.07, 6.45) is 4.55. The van der Waals surface area contributed by atoms with Crippen LogP contribution >= 0.6 is 22.9 Å². The van der Waals surface area contributed by atoms with Gasteiger partial charge < -0.3 is 5.32 Å². The maximum atomic E-state index is 5.71. The van der Waals surface area contributed by atoms with Gasteiger partial charge in [0.25, 0.3) is 0 Å². The molecule has 66 valence electrons. The molecule has 0 spiro atoms. The van der Waals surface area contributed by atoms with E-state index < -0.39 is 0 Å². The lowest BCUT2D eigenvalue weighted by atomic mass is 10.4. The second-order valence-electron chi connectivity index (χ2n) is 2.31. The van der Waals surface area contributed by atoms with Crippen molar-refractivity contribution in [3.63, 3.8) is 0 Å². The van der Waals surface area contributed by atoms with Gasteiger partial charge in [0.1, 0.15) is 9.34 Å². The molecule has 0 fully saturated rings. The molecule has 4 heteroatoms. The largest absolute Gasteiger partial charge is 0.310 e. The predicted octanol–water partition coefficient (Wildman–Crippen LogP) is 2.46. The smallest absolute Gasteiger partial charge is 0.113 e. The van der Waals surface area contributed by atoms with Gasteiger partial charge in [-0.05, 0) is 13.0 Å². The van der Waals surface area contributed by atoms with Crippen LogP contribution in [0.25, 0.3) is 0 Å². The van der Waals surface area contributed by atoms with E-state index in [-0.39, 0.29) is 0 Å². The van der Waals surface area contributed by atoms with Crippen LogP contribution < -0.4 is 5.32 Å². The van der Waals surface area contributed by atoms with Crippen molar-refractivity contribution in [1.29, 1.82) is 0 Å². The van der Waals surface area contributed by atoms with Crippen molar-refractivity contribution >= 4 is 22.9 Å². The van der Waals surface area contributed by atoms with E-state index in [1.807, 2.05) is 6.08 Å². The minimum absolute atomic E-state index is 0.746. The maximum absolute atomic E-state index is 5.71. The summed E-state index contributed by atoms with van der Waals surface area (Å²) in [6.45, 7) is 5.38. The molecule has 0 saturated carbocycles. The van der Waals surface area contributed by atoms with Crippen molar-refractivity contribution in [3.05, 3.63) is 28.2 Å². The zero-order chi connectivity index (χ0) is 8.81. The summed E-state index contributed by atoms with van der Waals surface area (Å²) in [5.74, 6) is 0. The third kappa shape index (κ3) is 3.34. The number of rotatable bonds is 5. The molecule has 0 amide bonds. The molecule has 1 aromatic heterocycles. The normalized spacial score (nSPS) is 10.1. The monoisotopic (exact) mass is 202 g/mol. The second-order valence-corrected chi connectivity index (χ2v) is 4.06. The molecular weight excluding hydrogens is 192 g/mol. The summed E-state index contributed by atoms with van der Waals surface area (Å²) in [7, 11) is 0. The van der Waals surface area contributed by atoms with Crippen LogP contribution in [0.4, 0.5) is 0 Å². The van der Waals surface area contributed by atoms with Gasteiger partial charge in [0.2, 0.25) is 0 Å². The Kier molecular flexibility index (Phi) is 4.29. The van der Waals surface area contributed by atoms with Crippen molar-refractivity contribution in [2.75, 3.05) is 6.54 Å². The Morgan fingerprint density at radius 3 is 3.17 bits per heavy atom. The summed E-state index contributed by atoms with van der Waals surface area (Å²) in [5.41, 5.74) is 0. The number of hydrogen-bond donors (Lipinski definition) is 1. The third-order valence-electron chi connectivity index (χ3n) is 1.33. The average Bonchev–Trinajstić information content (AvgIpc) is 2.45. The molecule has 0 aromatic carbocycles. The molecule has 1 N–H and O–H groups in total. The van der Waals surface area contributed by atoms with Gasteiger partial charge in [0.05, 0.1) is 6.20 Å². The maximum Gasteiger partial charge on any atom is 0.113 e. The topological polar surface area (TPSA) is 24.9 Å². The number of nitrogens with zero attached hydrogens (tertiary/aromatic N) is 1. The first-order valence-electron chi connectivity index (χ1n) is 3.74. The fourth-order valence-electron chi connectivity index (χ4n) is 0.769. The number of aromatic nitrogens is 1. The minimum Gasteiger partial charge on any atom is -0.310 e. The van der Waals surface area contributed by atoms with Crippen LogP contribution in [0.3, 0.4) is 0 Å². The number of thiazole rings is 1. The standard InChI is InChI=1S/C8H11ClN2S/c1-2-3-4-10-6-8-11-5-7(9)12-8/h2,5,10H,1,3-4,6H2. The van der Waals surface area contributed by atoms with E-state index in [4.69, 9.17) is 11.6 Å². The lowest BCUT2D eigenvalue weighted by Gasteiger charge is -1.97. The molecule has 0 aliphatic carbocycles. The molecule has 0 atom stereocenters. The molecule has 12 heavy (non-hydrogen) atoms. The van der Waals surface area contributed by atoms with Crippen LogP contribution in [0, 0.1) is 0 Å². The summed E-state index contributed by atoms with van der Waals surface area (Å²) in [5, 5.41) is 4.27. The van der Waals surface area contributed by atoms with Crippen LogP contribution in [0.1, 0.15) is 11.4 Å². The van der Waals surface area contributed by atoms with Gasteiger partial charge in [-0.1, -0.05) is 17.7 Å². The highest BCUT2D eigenvalue weighted by Crippen LogP contribution is 2.17. The van der Waals surface area contributed by atoms with Crippen molar-refractivity contribution in [3.8, 4) is 0 Å². The highest BCUT2D eigenvalue weighted by atomic mass is 35.5. The number of nitrogens with one attached hydrogen (secondary N) is 1. The van der Waals surface area contributed by atoms with E-state index in [1.54, 1.807) is 6.20 Å². The van der Waals surface area contributed by atoms with Gasteiger partial charge in [-0.25, -0.2) is 4.98 Å². The Bertz CT molecular complexity index is 247. The zero-order valence-corrected chi connectivity index (χ0v) is 8.29. The Labute approximate surface area is 81.3 Å². The average molecular weight is 203 g/mol. The van der Waals surface area contributed by atoms with Crippen LogP contribution in [0.15, 0.2) is 18.9 Å². The van der Waals surface area contributed by atoms with Gasteiger partial charge in [-0.15, -0.1) is 17.9 Å². The predicted molar refractivity (Wildman–Crippen MR) is 53.6 cm³/mol. The number of halogens is 1. The van der Waals surface area contributed by atoms with E-state index in [0.29, 0.717) is 0 Å². The molecule has 0 aliphatic rings. The summed E-state index contributed by atoms with van der Waals surface area (Å²) >= 11 is 7.22. The van der Waals surface area contributed by atoms with E-state index in [2.05, 4.69) is 16.9 Å². The highest BCUT2D eigenvalue weighted by molar-refractivity contribution is 7.15.